The van der Waals surface area contributed by atoms with Gasteiger partial charge in [-0.3, -0.25) is 4.90 Å². The van der Waals surface area contributed by atoms with Gasteiger partial charge in [0.1, 0.15) is 0 Å². The third kappa shape index (κ3) is 5.20. The molecule has 2 heterocycles. The highest BCUT2D eigenvalue weighted by atomic mass is 16.5. The van der Waals surface area contributed by atoms with Gasteiger partial charge in [0.15, 0.2) is 0 Å². The molecule has 2 N–H and O–H groups in total. The van der Waals surface area contributed by atoms with Crippen LogP contribution in [-0.2, 0) is 16.0 Å². The highest BCUT2D eigenvalue weighted by Crippen LogP contribution is 2.29. The Kier molecular flexibility index (Phi) is 6.99. The number of nitrogens with one attached hydrogen (secondary N) is 2. The molecule has 33 heavy (non-hydrogen) atoms. The first-order chi connectivity index (χ1) is 16.0. The van der Waals surface area contributed by atoms with E-state index in [1.807, 2.05) is 24.3 Å². The summed E-state index contributed by atoms with van der Waals surface area (Å²) in [4.78, 5) is 30.0. The summed E-state index contributed by atoms with van der Waals surface area (Å²) in [6.07, 6.45) is 0.929. The first kappa shape index (κ1) is 22.9. The van der Waals surface area contributed by atoms with Gasteiger partial charge in [0.05, 0.1) is 18.7 Å². The van der Waals surface area contributed by atoms with Crippen molar-refractivity contribution in [1.29, 1.82) is 0 Å². The van der Waals surface area contributed by atoms with E-state index in [0.29, 0.717) is 17.8 Å². The van der Waals surface area contributed by atoms with Crippen LogP contribution in [0.3, 0.4) is 0 Å². The fourth-order valence-corrected chi connectivity index (χ4v) is 4.50. The Balaban J connectivity index is 1.54. The van der Waals surface area contributed by atoms with E-state index in [0.717, 1.165) is 38.2 Å². The molecule has 0 bridgehead atoms. The fourth-order valence-electron chi connectivity index (χ4n) is 4.50. The number of carbonyl (C=O) groups excluding carboxylic acids is 2. The summed E-state index contributed by atoms with van der Waals surface area (Å²) in [5.74, 6) is -0.430. The summed E-state index contributed by atoms with van der Waals surface area (Å²) in [6, 6.07) is 15.7. The normalized spacial score (nSPS) is 19.2. The smallest absolute Gasteiger partial charge is 0.338 e. The number of anilines is 1. The summed E-state index contributed by atoms with van der Waals surface area (Å²) in [5, 5.41) is 5.78. The maximum Gasteiger partial charge on any atom is 0.338 e. The number of amides is 2. The average Bonchev–Trinajstić information content (AvgIpc) is 2.84. The summed E-state index contributed by atoms with van der Waals surface area (Å²) in [6.45, 7) is 8.14. The number of hydrogen-bond acceptors (Lipinski definition) is 5. The topological polar surface area (TPSA) is 73.9 Å². The van der Waals surface area contributed by atoms with E-state index in [-0.39, 0.29) is 6.03 Å². The van der Waals surface area contributed by atoms with Gasteiger partial charge in [-0.1, -0.05) is 43.3 Å². The molecule has 2 amide bonds. The predicted octanol–water partition coefficient (Wildman–Crippen LogP) is 3.16. The minimum atomic E-state index is -0.541. The molecule has 0 radical (unpaired) electrons. The van der Waals surface area contributed by atoms with Gasteiger partial charge in [-0.05, 0) is 42.2 Å². The van der Waals surface area contributed by atoms with Gasteiger partial charge in [-0.2, -0.15) is 0 Å². The minimum absolute atomic E-state index is 0.305. The van der Waals surface area contributed by atoms with E-state index < -0.39 is 12.0 Å². The molecular weight excluding hydrogens is 416 g/mol. The predicted molar refractivity (Wildman–Crippen MR) is 129 cm³/mol. The van der Waals surface area contributed by atoms with Crippen LogP contribution in [0.4, 0.5) is 10.5 Å². The number of rotatable bonds is 6. The van der Waals surface area contributed by atoms with Crippen molar-refractivity contribution >= 4 is 17.7 Å². The van der Waals surface area contributed by atoms with Gasteiger partial charge in [-0.15, -0.1) is 0 Å². The summed E-state index contributed by atoms with van der Waals surface area (Å²) < 4.78 is 5.11. The molecule has 7 nitrogen and oxygen atoms in total. The molecule has 4 rings (SSSR count). The van der Waals surface area contributed by atoms with Crippen LogP contribution in [0.5, 0.6) is 0 Å². The van der Waals surface area contributed by atoms with Crippen molar-refractivity contribution in [3.63, 3.8) is 0 Å². The molecule has 1 saturated heterocycles. The van der Waals surface area contributed by atoms with Crippen molar-refractivity contribution in [2.45, 2.75) is 26.3 Å². The van der Waals surface area contributed by atoms with Crippen molar-refractivity contribution in [2.24, 2.45) is 0 Å². The Bertz CT molecular complexity index is 1040. The number of benzene rings is 2. The second-order valence-electron chi connectivity index (χ2n) is 8.61. The van der Waals surface area contributed by atoms with Gasteiger partial charge < -0.3 is 20.3 Å². The molecule has 0 spiro atoms. The molecule has 2 aliphatic rings. The molecule has 7 heteroatoms. The number of ether oxygens (including phenoxy) is 1. The molecule has 2 aromatic carbocycles. The van der Waals surface area contributed by atoms with Crippen LogP contribution in [-0.4, -0.2) is 56.7 Å². The molecule has 0 aromatic heterocycles. The number of carbonyl (C=O) groups is 2. The maximum atomic E-state index is 12.8. The van der Waals surface area contributed by atoms with Crippen LogP contribution in [0.15, 0.2) is 59.8 Å². The second kappa shape index (κ2) is 10.1. The number of aryl methyl sites for hydroxylation is 2. The summed E-state index contributed by atoms with van der Waals surface area (Å²) in [5.41, 5.74) is 5.62. The number of urea groups is 1. The molecular formula is C26H32N4O3. The SMILES string of the molecule is CCc1ccc(C2NC(=O)NC(CN3CCN(c4cccc(C)c4)CC3)=C2C(=O)OC)cc1. The van der Waals surface area contributed by atoms with E-state index in [2.05, 4.69) is 58.5 Å². The maximum absolute atomic E-state index is 12.8. The van der Waals surface area contributed by atoms with Crippen molar-refractivity contribution in [3.05, 3.63) is 76.5 Å². The van der Waals surface area contributed by atoms with Crippen molar-refractivity contribution < 1.29 is 14.3 Å². The summed E-state index contributed by atoms with van der Waals surface area (Å²) in [7, 11) is 1.38. The lowest BCUT2D eigenvalue weighted by Crippen LogP contribution is -2.51. The van der Waals surface area contributed by atoms with Crippen LogP contribution < -0.4 is 15.5 Å². The van der Waals surface area contributed by atoms with Crippen LogP contribution in [0.2, 0.25) is 0 Å². The zero-order chi connectivity index (χ0) is 23.4. The Morgan fingerprint density at radius 3 is 2.45 bits per heavy atom. The Morgan fingerprint density at radius 1 is 1.09 bits per heavy atom. The lowest BCUT2D eigenvalue weighted by Gasteiger charge is -2.38. The lowest BCUT2D eigenvalue weighted by atomic mass is 9.94. The van der Waals surface area contributed by atoms with Gasteiger partial charge in [0.25, 0.3) is 0 Å². The first-order valence-electron chi connectivity index (χ1n) is 11.5. The van der Waals surface area contributed by atoms with Crippen LogP contribution >= 0.6 is 0 Å². The number of hydrogen-bond donors (Lipinski definition) is 2. The lowest BCUT2D eigenvalue weighted by molar-refractivity contribution is -0.136. The largest absolute Gasteiger partial charge is 0.466 e. The van der Waals surface area contributed by atoms with Gasteiger partial charge in [0.2, 0.25) is 0 Å². The molecule has 0 saturated carbocycles. The quantitative estimate of drug-likeness (QED) is 0.664. The zero-order valence-electron chi connectivity index (χ0n) is 19.6. The highest BCUT2D eigenvalue weighted by molar-refractivity contribution is 5.95. The van der Waals surface area contributed by atoms with Gasteiger partial charge in [0, 0.05) is 44.1 Å². The monoisotopic (exact) mass is 448 g/mol. The third-order valence-electron chi connectivity index (χ3n) is 6.40. The highest BCUT2D eigenvalue weighted by Gasteiger charge is 2.34. The fraction of sp³-hybridized carbons (Fsp3) is 0.385. The molecule has 2 aliphatic heterocycles. The van der Waals surface area contributed by atoms with E-state index in [9.17, 15) is 9.59 Å². The Hall–Kier alpha value is -3.32. The number of esters is 1. The number of nitrogens with zero attached hydrogens (tertiary/aromatic N) is 2. The van der Waals surface area contributed by atoms with Crippen molar-refractivity contribution in [3.8, 4) is 0 Å². The van der Waals surface area contributed by atoms with E-state index >= 15 is 0 Å². The third-order valence-corrected chi connectivity index (χ3v) is 6.40. The van der Waals surface area contributed by atoms with Crippen molar-refractivity contribution in [1.82, 2.24) is 15.5 Å². The number of piperazine rings is 1. The van der Waals surface area contributed by atoms with Crippen LogP contribution in [0, 0.1) is 6.92 Å². The molecule has 1 atom stereocenters. The molecule has 1 fully saturated rings. The average molecular weight is 449 g/mol. The Labute approximate surface area is 195 Å². The van der Waals surface area contributed by atoms with Crippen LogP contribution in [0.1, 0.15) is 29.7 Å². The first-order valence-corrected chi connectivity index (χ1v) is 11.5. The summed E-state index contributed by atoms with van der Waals surface area (Å²) >= 11 is 0. The zero-order valence-corrected chi connectivity index (χ0v) is 19.6. The molecule has 2 aromatic rings. The standard InChI is InChI=1S/C26H32N4O3/c1-4-19-8-10-20(11-9-19)24-23(25(31)33-3)22(27-26(32)28-24)17-29-12-14-30(15-13-29)21-7-5-6-18(2)16-21/h5-11,16,24H,4,12-15,17H2,1-3H3,(H2,27,28,32). The second-order valence-corrected chi connectivity index (χ2v) is 8.61. The molecule has 1 unspecified atom stereocenters. The minimum Gasteiger partial charge on any atom is -0.466 e. The number of methoxy groups -OCH3 is 1. The van der Waals surface area contributed by atoms with E-state index in [4.69, 9.17) is 4.74 Å². The molecule has 174 valence electrons. The molecule has 0 aliphatic carbocycles. The van der Waals surface area contributed by atoms with E-state index in [1.54, 1.807) is 0 Å². The van der Waals surface area contributed by atoms with Gasteiger partial charge in [-0.25, -0.2) is 9.59 Å². The van der Waals surface area contributed by atoms with Crippen molar-refractivity contribution in [2.75, 3.05) is 44.7 Å². The Morgan fingerprint density at radius 2 is 1.82 bits per heavy atom. The van der Waals surface area contributed by atoms with E-state index in [1.165, 1.54) is 23.9 Å². The van der Waals surface area contributed by atoms with Crippen LogP contribution in [0.25, 0.3) is 0 Å². The van der Waals surface area contributed by atoms with Gasteiger partial charge >= 0.3 is 12.0 Å².